The van der Waals surface area contributed by atoms with Gasteiger partial charge in [0.1, 0.15) is 17.0 Å². The van der Waals surface area contributed by atoms with Crippen LogP contribution in [0, 0.1) is 0 Å². The van der Waals surface area contributed by atoms with Gasteiger partial charge in [0.25, 0.3) is 5.91 Å². The van der Waals surface area contributed by atoms with Gasteiger partial charge in [-0.15, -0.1) is 0 Å². The smallest absolute Gasteiger partial charge is 0.274 e. The minimum atomic E-state index is -1.13. The second-order valence-electron chi connectivity index (χ2n) is 7.99. The standard InChI is InChI=1S/C22H26N4O4/c1-22(2,28)20-6-4-5-16(23-20)21(27)24-18-11-14-13-26(15-7-9-30-10-8-15)25-17(14)12-19(18)29-3/h4-6,11-13,15,28H,7-10H2,1-3H3,(H,24,27). The SMILES string of the molecule is COc1cc2nn(C3CCOCC3)cc2cc1NC(=O)c1cccc(C(C)(C)O)n1. The lowest BCUT2D eigenvalue weighted by Gasteiger charge is -2.22. The van der Waals surface area contributed by atoms with E-state index in [9.17, 15) is 9.90 Å². The first-order valence-corrected chi connectivity index (χ1v) is 10.0. The fourth-order valence-electron chi connectivity index (χ4n) is 3.56. The van der Waals surface area contributed by atoms with Gasteiger partial charge < -0.3 is 19.9 Å². The first-order chi connectivity index (χ1) is 14.3. The van der Waals surface area contributed by atoms with Crippen LogP contribution in [0.2, 0.25) is 0 Å². The van der Waals surface area contributed by atoms with E-state index in [1.807, 2.05) is 23.0 Å². The molecular weight excluding hydrogens is 384 g/mol. The molecule has 0 saturated carbocycles. The maximum absolute atomic E-state index is 12.8. The minimum absolute atomic E-state index is 0.217. The molecule has 0 atom stereocenters. The summed E-state index contributed by atoms with van der Waals surface area (Å²) in [5.74, 6) is 0.141. The Bertz CT molecular complexity index is 1060. The van der Waals surface area contributed by atoms with Crippen molar-refractivity contribution >= 4 is 22.5 Å². The molecule has 1 aromatic carbocycles. The number of anilines is 1. The van der Waals surface area contributed by atoms with Crippen LogP contribution in [0.25, 0.3) is 10.9 Å². The van der Waals surface area contributed by atoms with Crippen molar-refractivity contribution in [3.8, 4) is 5.75 Å². The summed E-state index contributed by atoms with van der Waals surface area (Å²) in [6, 6.07) is 8.99. The average molecular weight is 410 g/mol. The van der Waals surface area contributed by atoms with Gasteiger partial charge in [0.2, 0.25) is 0 Å². The summed E-state index contributed by atoms with van der Waals surface area (Å²) < 4.78 is 12.9. The van der Waals surface area contributed by atoms with Gasteiger partial charge in [-0.1, -0.05) is 6.07 Å². The van der Waals surface area contributed by atoms with Gasteiger partial charge in [0.15, 0.2) is 0 Å². The molecule has 1 fully saturated rings. The topological polar surface area (TPSA) is 98.5 Å². The highest BCUT2D eigenvalue weighted by atomic mass is 16.5. The van der Waals surface area contributed by atoms with Crippen LogP contribution in [0.3, 0.4) is 0 Å². The summed E-state index contributed by atoms with van der Waals surface area (Å²) in [5, 5.41) is 18.6. The summed E-state index contributed by atoms with van der Waals surface area (Å²) in [5.41, 5.74) is 0.853. The van der Waals surface area contributed by atoms with Crippen molar-refractivity contribution in [2.75, 3.05) is 25.6 Å². The van der Waals surface area contributed by atoms with Crippen molar-refractivity contribution < 1.29 is 19.4 Å². The molecule has 1 amide bonds. The fraction of sp³-hybridized carbons (Fsp3) is 0.409. The van der Waals surface area contributed by atoms with Crippen molar-refractivity contribution in [2.45, 2.75) is 38.3 Å². The van der Waals surface area contributed by atoms with Crippen molar-refractivity contribution in [3.63, 3.8) is 0 Å². The van der Waals surface area contributed by atoms with Crippen molar-refractivity contribution in [1.29, 1.82) is 0 Å². The Morgan fingerprint density at radius 2 is 2.07 bits per heavy atom. The van der Waals surface area contributed by atoms with E-state index in [4.69, 9.17) is 14.6 Å². The molecule has 8 heteroatoms. The predicted octanol–water partition coefficient (Wildman–Crippen LogP) is 3.27. The molecule has 2 N–H and O–H groups in total. The quantitative estimate of drug-likeness (QED) is 0.670. The van der Waals surface area contributed by atoms with Gasteiger partial charge in [-0.2, -0.15) is 5.10 Å². The largest absolute Gasteiger partial charge is 0.494 e. The Kier molecular flexibility index (Phi) is 5.44. The van der Waals surface area contributed by atoms with Gasteiger partial charge in [0.05, 0.1) is 30.0 Å². The first kappa shape index (κ1) is 20.3. The zero-order chi connectivity index (χ0) is 21.3. The summed E-state index contributed by atoms with van der Waals surface area (Å²) in [6.45, 7) is 4.73. The second kappa shape index (κ2) is 8.04. The highest BCUT2D eigenvalue weighted by molar-refractivity contribution is 6.05. The monoisotopic (exact) mass is 410 g/mol. The summed E-state index contributed by atoms with van der Waals surface area (Å²) in [7, 11) is 1.56. The maximum Gasteiger partial charge on any atom is 0.274 e. The molecule has 8 nitrogen and oxygen atoms in total. The van der Waals surface area contributed by atoms with Crippen LogP contribution in [-0.4, -0.2) is 46.1 Å². The highest BCUT2D eigenvalue weighted by Crippen LogP contribution is 2.32. The maximum atomic E-state index is 12.8. The molecule has 0 radical (unpaired) electrons. The first-order valence-electron chi connectivity index (χ1n) is 10.0. The molecule has 30 heavy (non-hydrogen) atoms. The molecule has 1 saturated heterocycles. The zero-order valence-electron chi connectivity index (χ0n) is 17.4. The van der Waals surface area contributed by atoms with Crippen LogP contribution in [0.15, 0.2) is 36.5 Å². The molecule has 1 aliphatic rings. The molecule has 0 unspecified atom stereocenters. The van der Waals surface area contributed by atoms with Gasteiger partial charge in [0, 0.05) is 30.9 Å². The van der Waals surface area contributed by atoms with Crippen LogP contribution >= 0.6 is 0 Å². The van der Waals surface area contributed by atoms with Gasteiger partial charge >= 0.3 is 0 Å². The van der Waals surface area contributed by atoms with E-state index in [0.29, 0.717) is 23.2 Å². The highest BCUT2D eigenvalue weighted by Gasteiger charge is 2.21. The Morgan fingerprint density at radius 3 is 2.77 bits per heavy atom. The van der Waals surface area contributed by atoms with E-state index in [1.54, 1.807) is 39.2 Å². The number of fused-ring (bicyclic) bond motifs is 1. The van der Waals surface area contributed by atoms with Gasteiger partial charge in [-0.25, -0.2) is 4.98 Å². The summed E-state index contributed by atoms with van der Waals surface area (Å²) >= 11 is 0. The summed E-state index contributed by atoms with van der Waals surface area (Å²) in [4.78, 5) is 17.1. The van der Waals surface area contributed by atoms with E-state index < -0.39 is 5.60 Å². The number of nitrogens with one attached hydrogen (secondary N) is 1. The number of aliphatic hydroxyl groups is 1. The number of rotatable bonds is 5. The number of ether oxygens (including phenoxy) is 2. The lowest BCUT2D eigenvalue weighted by Crippen LogP contribution is -2.21. The third kappa shape index (κ3) is 4.15. The van der Waals surface area contributed by atoms with E-state index in [2.05, 4.69) is 10.3 Å². The number of hydrogen-bond acceptors (Lipinski definition) is 6. The molecule has 3 aromatic rings. The van der Waals surface area contributed by atoms with Crippen LogP contribution in [0.5, 0.6) is 5.75 Å². The Labute approximate surface area is 174 Å². The van der Waals surface area contributed by atoms with E-state index >= 15 is 0 Å². The lowest BCUT2D eigenvalue weighted by atomic mass is 10.0. The molecule has 3 heterocycles. The van der Waals surface area contributed by atoms with Crippen LogP contribution in [0.4, 0.5) is 5.69 Å². The minimum Gasteiger partial charge on any atom is -0.494 e. The van der Waals surface area contributed by atoms with Gasteiger partial charge in [-0.05, 0) is 44.9 Å². The Morgan fingerprint density at radius 1 is 1.30 bits per heavy atom. The Hall–Kier alpha value is -2.97. The zero-order valence-corrected chi connectivity index (χ0v) is 17.4. The number of carbonyl (C=O) groups is 1. The van der Waals surface area contributed by atoms with E-state index in [0.717, 1.165) is 37.0 Å². The van der Waals surface area contributed by atoms with Crippen LogP contribution in [0.1, 0.15) is 48.9 Å². The molecule has 0 aliphatic carbocycles. The second-order valence-corrected chi connectivity index (χ2v) is 7.99. The number of nitrogens with zero attached hydrogens (tertiary/aromatic N) is 3. The summed E-state index contributed by atoms with van der Waals surface area (Å²) in [6.07, 6.45) is 3.85. The normalized spacial score (nSPS) is 15.3. The molecular formula is C22H26N4O4. The molecule has 0 spiro atoms. The number of aromatic nitrogens is 3. The molecule has 158 valence electrons. The average Bonchev–Trinajstić information content (AvgIpc) is 3.16. The number of amides is 1. The lowest BCUT2D eigenvalue weighted by molar-refractivity contribution is 0.0664. The van der Waals surface area contributed by atoms with E-state index in [-0.39, 0.29) is 11.6 Å². The predicted molar refractivity (Wildman–Crippen MR) is 113 cm³/mol. The number of carbonyl (C=O) groups excluding carboxylic acids is 1. The molecule has 4 rings (SSSR count). The molecule has 0 bridgehead atoms. The molecule has 2 aromatic heterocycles. The fourth-order valence-corrected chi connectivity index (χ4v) is 3.56. The number of pyridine rings is 1. The number of benzene rings is 1. The van der Waals surface area contributed by atoms with Crippen LogP contribution in [-0.2, 0) is 10.3 Å². The van der Waals surface area contributed by atoms with Crippen molar-refractivity contribution in [2.24, 2.45) is 0 Å². The van der Waals surface area contributed by atoms with Crippen LogP contribution < -0.4 is 10.1 Å². The number of hydrogen-bond donors (Lipinski definition) is 2. The third-order valence-electron chi connectivity index (χ3n) is 5.27. The Balaban J connectivity index is 1.62. The molecule has 1 aliphatic heterocycles. The van der Waals surface area contributed by atoms with Crippen molar-refractivity contribution in [3.05, 3.63) is 47.9 Å². The number of methoxy groups -OCH3 is 1. The van der Waals surface area contributed by atoms with Gasteiger partial charge in [-0.3, -0.25) is 9.48 Å². The third-order valence-corrected chi connectivity index (χ3v) is 5.27. The van der Waals surface area contributed by atoms with Crippen molar-refractivity contribution in [1.82, 2.24) is 14.8 Å². The van der Waals surface area contributed by atoms with E-state index in [1.165, 1.54) is 0 Å².